The van der Waals surface area contributed by atoms with Crippen LogP contribution in [0.2, 0.25) is 0 Å². The Labute approximate surface area is 105 Å². The summed E-state index contributed by atoms with van der Waals surface area (Å²) in [5.41, 5.74) is 0.347. The van der Waals surface area contributed by atoms with Crippen molar-refractivity contribution in [1.29, 1.82) is 0 Å². The van der Waals surface area contributed by atoms with Crippen LogP contribution in [-0.2, 0) is 4.74 Å². The van der Waals surface area contributed by atoms with Crippen molar-refractivity contribution in [2.75, 3.05) is 6.54 Å². The second-order valence-corrected chi connectivity index (χ2v) is 6.51. The van der Waals surface area contributed by atoms with Gasteiger partial charge in [0.1, 0.15) is 5.72 Å². The molecule has 1 saturated heterocycles. The second-order valence-electron chi connectivity index (χ2n) is 6.51. The van der Waals surface area contributed by atoms with Gasteiger partial charge in [0.05, 0.1) is 5.60 Å². The average molecular weight is 237 g/mol. The highest BCUT2D eigenvalue weighted by molar-refractivity contribution is 4.98. The predicted molar refractivity (Wildman–Crippen MR) is 69.9 cm³/mol. The topological polar surface area (TPSA) is 21.3 Å². The molecule has 0 radical (unpaired) electrons. The number of hydrogen-bond acceptors (Lipinski definition) is 2. The number of nitrogens with one attached hydrogen (secondary N) is 1. The molecule has 2 unspecified atom stereocenters. The number of ether oxygens (including phenoxy) is 1. The largest absolute Gasteiger partial charge is 0.354 e. The van der Waals surface area contributed by atoms with Crippen molar-refractivity contribution < 1.29 is 4.74 Å². The van der Waals surface area contributed by atoms with Gasteiger partial charge in [0.15, 0.2) is 0 Å². The van der Waals surface area contributed by atoms with Gasteiger partial charge in [-0.15, -0.1) is 0 Å². The molecule has 2 nitrogen and oxygen atoms in total. The smallest absolute Gasteiger partial charge is 0.120 e. The minimum atomic E-state index is 0.0581. The zero-order valence-electron chi connectivity index (χ0n) is 11.3. The predicted octanol–water partition coefficient (Wildman–Crippen LogP) is 3.61. The van der Waals surface area contributed by atoms with Crippen molar-refractivity contribution in [3.8, 4) is 0 Å². The first-order chi connectivity index (χ1) is 8.26. The van der Waals surface area contributed by atoms with E-state index in [9.17, 15) is 0 Å². The summed E-state index contributed by atoms with van der Waals surface area (Å²) in [6, 6.07) is 0. The standard InChI is InChI=1S/C15H27NO/c1-2-13-5-3-9-15(10-6-13)16-12-11-14(17-15)7-4-8-14/h13,16H,2-12H2,1H3. The lowest BCUT2D eigenvalue weighted by Gasteiger charge is -2.53. The van der Waals surface area contributed by atoms with Crippen LogP contribution in [0.5, 0.6) is 0 Å². The highest BCUT2D eigenvalue weighted by atomic mass is 16.5. The van der Waals surface area contributed by atoms with Crippen LogP contribution < -0.4 is 5.32 Å². The van der Waals surface area contributed by atoms with Gasteiger partial charge < -0.3 is 4.74 Å². The van der Waals surface area contributed by atoms with Crippen LogP contribution >= 0.6 is 0 Å². The van der Waals surface area contributed by atoms with E-state index in [4.69, 9.17) is 4.74 Å². The molecule has 2 atom stereocenters. The van der Waals surface area contributed by atoms with E-state index in [-0.39, 0.29) is 11.3 Å². The van der Waals surface area contributed by atoms with Crippen LogP contribution in [0.4, 0.5) is 0 Å². The molecule has 98 valence electrons. The summed E-state index contributed by atoms with van der Waals surface area (Å²) in [7, 11) is 0. The van der Waals surface area contributed by atoms with Gasteiger partial charge in [-0.05, 0) is 57.3 Å². The van der Waals surface area contributed by atoms with E-state index in [1.165, 1.54) is 70.8 Å². The molecule has 17 heavy (non-hydrogen) atoms. The van der Waals surface area contributed by atoms with E-state index >= 15 is 0 Å². The first-order valence-electron chi connectivity index (χ1n) is 7.71. The third-order valence-electron chi connectivity index (χ3n) is 5.43. The van der Waals surface area contributed by atoms with E-state index in [0.29, 0.717) is 0 Å². The Morgan fingerprint density at radius 3 is 2.65 bits per heavy atom. The maximum Gasteiger partial charge on any atom is 0.120 e. The van der Waals surface area contributed by atoms with Gasteiger partial charge in [0, 0.05) is 6.54 Å². The van der Waals surface area contributed by atoms with Gasteiger partial charge in [0.25, 0.3) is 0 Å². The zero-order chi connectivity index (χ0) is 11.8. The molecule has 3 aliphatic rings. The normalized spacial score (nSPS) is 41.1. The quantitative estimate of drug-likeness (QED) is 0.752. The fourth-order valence-electron chi connectivity index (χ4n) is 4.01. The third kappa shape index (κ3) is 2.26. The second kappa shape index (κ2) is 4.55. The van der Waals surface area contributed by atoms with E-state index < -0.39 is 0 Å². The van der Waals surface area contributed by atoms with Crippen LogP contribution in [-0.4, -0.2) is 17.9 Å². The van der Waals surface area contributed by atoms with Crippen molar-refractivity contribution in [2.24, 2.45) is 5.92 Å². The SMILES string of the molecule is CCC1CCCC2(CC1)NCCC1(CCC1)O2. The lowest BCUT2D eigenvalue weighted by atomic mass is 9.75. The van der Waals surface area contributed by atoms with E-state index in [1.807, 2.05) is 0 Å². The summed E-state index contributed by atoms with van der Waals surface area (Å²) in [6.07, 6.45) is 13.2. The third-order valence-corrected chi connectivity index (χ3v) is 5.43. The minimum absolute atomic E-state index is 0.0581. The molecule has 1 aliphatic heterocycles. The van der Waals surface area contributed by atoms with Crippen LogP contribution in [0.3, 0.4) is 0 Å². The Hall–Kier alpha value is -0.0800. The highest BCUT2D eigenvalue weighted by Gasteiger charge is 2.48. The van der Waals surface area contributed by atoms with Gasteiger partial charge in [-0.3, -0.25) is 5.32 Å². The first kappa shape index (κ1) is 12.0. The highest BCUT2D eigenvalue weighted by Crippen LogP contribution is 2.46. The summed E-state index contributed by atoms with van der Waals surface area (Å²) >= 11 is 0. The average Bonchev–Trinajstić information content (AvgIpc) is 2.50. The Morgan fingerprint density at radius 2 is 1.94 bits per heavy atom. The summed E-state index contributed by atoms with van der Waals surface area (Å²) in [5, 5.41) is 3.72. The fourth-order valence-corrected chi connectivity index (χ4v) is 4.01. The molecule has 2 aliphatic carbocycles. The Balaban J connectivity index is 1.67. The van der Waals surface area contributed by atoms with Crippen molar-refractivity contribution >= 4 is 0 Å². The summed E-state index contributed by atoms with van der Waals surface area (Å²) in [6.45, 7) is 3.52. The van der Waals surface area contributed by atoms with Gasteiger partial charge >= 0.3 is 0 Å². The van der Waals surface area contributed by atoms with Gasteiger partial charge in [-0.2, -0.15) is 0 Å². The van der Waals surface area contributed by atoms with Gasteiger partial charge in [-0.1, -0.05) is 19.8 Å². The first-order valence-corrected chi connectivity index (χ1v) is 7.71. The van der Waals surface area contributed by atoms with Gasteiger partial charge in [0.2, 0.25) is 0 Å². The summed E-state index contributed by atoms with van der Waals surface area (Å²) < 4.78 is 6.60. The molecule has 1 heterocycles. The molecule has 2 saturated carbocycles. The van der Waals surface area contributed by atoms with Gasteiger partial charge in [-0.25, -0.2) is 0 Å². The molecule has 3 rings (SSSR count). The maximum atomic E-state index is 6.60. The lowest BCUT2D eigenvalue weighted by Crippen LogP contribution is -2.61. The van der Waals surface area contributed by atoms with Crippen molar-refractivity contribution in [3.05, 3.63) is 0 Å². The van der Waals surface area contributed by atoms with Crippen LogP contribution in [0.1, 0.15) is 71.1 Å². The van der Waals surface area contributed by atoms with Crippen molar-refractivity contribution in [1.82, 2.24) is 5.32 Å². The summed E-state index contributed by atoms with van der Waals surface area (Å²) in [4.78, 5) is 0. The minimum Gasteiger partial charge on any atom is -0.354 e. The molecule has 0 bridgehead atoms. The molecule has 3 fully saturated rings. The number of hydrogen-bond donors (Lipinski definition) is 1. The maximum absolute atomic E-state index is 6.60. The molecule has 2 spiro atoms. The Morgan fingerprint density at radius 1 is 1.06 bits per heavy atom. The summed E-state index contributed by atoms with van der Waals surface area (Å²) in [5.74, 6) is 0.944. The molecular formula is C15H27NO. The molecule has 0 aromatic rings. The van der Waals surface area contributed by atoms with Crippen molar-refractivity contribution in [3.63, 3.8) is 0 Å². The Kier molecular flexibility index (Phi) is 3.20. The molecular weight excluding hydrogens is 210 g/mol. The fraction of sp³-hybridized carbons (Fsp3) is 1.00. The molecule has 0 aromatic heterocycles. The van der Waals surface area contributed by atoms with Crippen LogP contribution in [0.15, 0.2) is 0 Å². The molecule has 2 heteroatoms. The molecule has 0 aromatic carbocycles. The Bertz CT molecular complexity index is 274. The van der Waals surface area contributed by atoms with E-state index in [2.05, 4.69) is 12.2 Å². The van der Waals surface area contributed by atoms with Crippen LogP contribution in [0, 0.1) is 5.92 Å². The zero-order valence-corrected chi connectivity index (χ0v) is 11.3. The van der Waals surface area contributed by atoms with E-state index in [0.717, 1.165) is 5.92 Å². The monoisotopic (exact) mass is 237 g/mol. The lowest BCUT2D eigenvalue weighted by molar-refractivity contribution is -0.235. The molecule has 1 N–H and O–H groups in total. The van der Waals surface area contributed by atoms with E-state index in [1.54, 1.807) is 0 Å². The molecule has 0 amide bonds. The number of rotatable bonds is 1. The van der Waals surface area contributed by atoms with Crippen molar-refractivity contribution in [2.45, 2.75) is 82.5 Å². The van der Waals surface area contributed by atoms with Crippen LogP contribution in [0.25, 0.3) is 0 Å².